The summed E-state index contributed by atoms with van der Waals surface area (Å²) in [6.07, 6.45) is 4.49. The number of benzene rings is 1. The predicted octanol–water partition coefficient (Wildman–Crippen LogP) is 1.39. The van der Waals surface area contributed by atoms with Gasteiger partial charge in [0.2, 0.25) is 0 Å². The molecule has 0 aromatic heterocycles. The predicted molar refractivity (Wildman–Crippen MR) is 70.1 cm³/mol. The SMILES string of the molecule is C#Cc1cccc(NCC(O)CC(=O)OCC)c1. The van der Waals surface area contributed by atoms with E-state index in [9.17, 15) is 9.90 Å². The van der Waals surface area contributed by atoms with E-state index in [0.29, 0.717) is 6.61 Å². The van der Waals surface area contributed by atoms with E-state index in [2.05, 4.69) is 11.2 Å². The lowest BCUT2D eigenvalue weighted by molar-refractivity contribution is -0.145. The number of carbonyl (C=O) groups is 1. The Hall–Kier alpha value is -1.99. The van der Waals surface area contributed by atoms with Gasteiger partial charge in [-0.3, -0.25) is 4.79 Å². The van der Waals surface area contributed by atoms with Gasteiger partial charge in [-0.25, -0.2) is 0 Å². The molecule has 1 atom stereocenters. The van der Waals surface area contributed by atoms with Crippen molar-refractivity contribution in [3.63, 3.8) is 0 Å². The van der Waals surface area contributed by atoms with Gasteiger partial charge in [-0.2, -0.15) is 0 Å². The van der Waals surface area contributed by atoms with E-state index < -0.39 is 12.1 Å². The van der Waals surface area contributed by atoms with Crippen molar-refractivity contribution in [2.45, 2.75) is 19.4 Å². The molecule has 4 nitrogen and oxygen atoms in total. The Kier molecular flexibility index (Phi) is 5.75. The minimum absolute atomic E-state index is 0.0182. The Bertz CT molecular complexity index is 437. The highest BCUT2D eigenvalue weighted by molar-refractivity contribution is 5.70. The lowest BCUT2D eigenvalue weighted by atomic mass is 10.2. The first kappa shape index (κ1) is 14.1. The number of rotatable bonds is 6. The summed E-state index contributed by atoms with van der Waals surface area (Å²) >= 11 is 0. The molecular weight excluding hydrogens is 230 g/mol. The molecule has 1 rings (SSSR count). The van der Waals surface area contributed by atoms with Gasteiger partial charge in [0.05, 0.1) is 19.1 Å². The Morgan fingerprint density at radius 2 is 2.39 bits per heavy atom. The Morgan fingerprint density at radius 3 is 3.06 bits per heavy atom. The fourth-order valence-electron chi connectivity index (χ4n) is 1.44. The molecule has 4 heteroatoms. The first-order chi connectivity index (χ1) is 8.65. The van der Waals surface area contributed by atoms with Crippen LogP contribution in [0, 0.1) is 12.3 Å². The van der Waals surface area contributed by atoms with Gasteiger partial charge in [0.1, 0.15) is 0 Å². The lowest BCUT2D eigenvalue weighted by Crippen LogP contribution is -2.23. The number of terminal acetylenes is 1. The molecule has 18 heavy (non-hydrogen) atoms. The fraction of sp³-hybridized carbons (Fsp3) is 0.357. The van der Waals surface area contributed by atoms with E-state index in [-0.39, 0.29) is 13.0 Å². The summed E-state index contributed by atoms with van der Waals surface area (Å²) in [7, 11) is 0. The first-order valence-corrected chi connectivity index (χ1v) is 5.80. The van der Waals surface area contributed by atoms with Crippen LogP contribution >= 0.6 is 0 Å². The van der Waals surface area contributed by atoms with Crippen molar-refractivity contribution in [1.29, 1.82) is 0 Å². The van der Waals surface area contributed by atoms with Gasteiger partial charge in [0.15, 0.2) is 0 Å². The third-order valence-corrected chi connectivity index (χ3v) is 2.28. The summed E-state index contributed by atoms with van der Waals surface area (Å²) in [5, 5.41) is 12.6. The molecule has 1 unspecified atom stereocenters. The number of carbonyl (C=O) groups excluding carboxylic acids is 1. The maximum atomic E-state index is 11.1. The number of anilines is 1. The summed E-state index contributed by atoms with van der Waals surface area (Å²) < 4.78 is 4.75. The number of nitrogens with one attached hydrogen (secondary N) is 1. The Labute approximate surface area is 107 Å². The van der Waals surface area contributed by atoms with Crippen LogP contribution in [0.5, 0.6) is 0 Å². The second-order valence-electron chi connectivity index (χ2n) is 3.77. The molecule has 1 aromatic rings. The van der Waals surface area contributed by atoms with Crippen molar-refractivity contribution in [2.24, 2.45) is 0 Å². The van der Waals surface area contributed by atoms with Crippen LogP contribution in [-0.2, 0) is 9.53 Å². The maximum Gasteiger partial charge on any atom is 0.308 e. The average molecular weight is 247 g/mol. The second kappa shape index (κ2) is 7.36. The summed E-state index contributed by atoms with van der Waals surface area (Å²) in [5.41, 5.74) is 1.58. The molecule has 96 valence electrons. The zero-order valence-corrected chi connectivity index (χ0v) is 10.3. The van der Waals surface area contributed by atoms with Crippen LogP contribution < -0.4 is 5.32 Å². The van der Waals surface area contributed by atoms with Crippen molar-refractivity contribution in [1.82, 2.24) is 0 Å². The quantitative estimate of drug-likeness (QED) is 0.589. The summed E-state index contributed by atoms with van der Waals surface area (Å²) in [5.74, 6) is 2.13. The van der Waals surface area contributed by atoms with Crippen LogP contribution in [0.1, 0.15) is 18.9 Å². The molecule has 0 saturated carbocycles. The molecule has 0 fully saturated rings. The average Bonchev–Trinajstić information content (AvgIpc) is 2.37. The summed E-state index contributed by atoms with van der Waals surface area (Å²) in [6.45, 7) is 2.32. The van der Waals surface area contributed by atoms with Crippen molar-refractivity contribution in [2.75, 3.05) is 18.5 Å². The largest absolute Gasteiger partial charge is 0.466 e. The molecule has 0 aliphatic heterocycles. The van der Waals surface area contributed by atoms with E-state index >= 15 is 0 Å². The highest BCUT2D eigenvalue weighted by atomic mass is 16.5. The second-order valence-corrected chi connectivity index (χ2v) is 3.77. The number of hydrogen-bond donors (Lipinski definition) is 2. The monoisotopic (exact) mass is 247 g/mol. The first-order valence-electron chi connectivity index (χ1n) is 5.80. The molecular formula is C14H17NO3. The highest BCUT2D eigenvalue weighted by Gasteiger charge is 2.11. The number of aliphatic hydroxyl groups is 1. The van der Waals surface area contributed by atoms with Crippen LogP contribution in [0.2, 0.25) is 0 Å². The zero-order valence-electron chi connectivity index (χ0n) is 10.3. The summed E-state index contributed by atoms with van der Waals surface area (Å²) in [4.78, 5) is 11.1. The smallest absolute Gasteiger partial charge is 0.308 e. The molecule has 1 aromatic carbocycles. The van der Waals surface area contributed by atoms with E-state index in [1.807, 2.05) is 18.2 Å². The zero-order chi connectivity index (χ0) is 13.4. The lowest BCUT2D eigenvalue weighted by Gasteiger charge is -2.12. The molecule has 0 amide bonds. The van der Waals surface area contributed by atoms with Gasteiger partial charge < -0.3 is 15.2 Å². The molecule has 0 bridgehead atoms. The third kappa shape index (κ3) is 4.89. The normalized spacial score (nSPS) is 11.4. The topological polar surface area (TPSA) is 58.6 Å². The maximum absolute atomic E-state index is 11.1. The van der Waals surface area contributed by atoms with Gasteiger partial charge in [-0.15, -0.1) is 6.42 Å². The minimum Gasteiger partial charge on any atom is -0.466 e. The van der Waals surface area contributed by atoms with E-state index in [4.69, 9.17) is 11.2 Å². The Balaban J connectivity index is 2.40. The van der Waals surface area contributed by atoms with Gasteiger partial charge in [0.25, 0.3) is 0 Å². The molecule has 0 aliphatic carbocycles. The van der Waals surface area contributed by atoms with Crippen molar-refractivity contribution >= 4 is 11.7 Å². The van der Waals surface area contributed by atoms with Crippen LogP contribution in [0.25, 0.3) is 0 Å². The highest BCUT2D eigenvalue weighted by Crippen LogP contribution is 2.10. The number of ether oxygens (including phenoxy) is 1. The van der Waals surface area contributed by atoms with Crippen LogP contribution in [-0.4, -0.2) is 30.3 Å². The van der Waals surface area contributed by atoms with Gasteiger partial charge in [-0.05, 0) is 25.1 Å². The third-order valence-electron chi connectivity index (χ3n) is 2.28. The van der Waals surface area contributed by atoms with Crippen molar-refractivity contribution < 1.29 is 14.6 Å². The molecule has 0 saturated heterocycles. The van der Waals surface area contributed by atoms with Crippen LogP contribution in [0.15, 0.2) is 24.3 Å². The van der Waals surface area contributed by atoms with Crippen molar-refractivity contribution in [3.05, 3.63) is 29.8 Å². The van der Waals surface area contributed by atoms with Gasteiger partial charge in [0, 0.05) is 17.8 Å². The molecule has 0 heterocycles. The minimum atomic E-state index is -0.779. The summed E-state index contributed by atoms with van der Waals surface area (Å²) in [6, 6.07) is 7.30. The fourth-order valence-corrected chi connectivity index (χ4v) is 1.44. The van der Waals surface area contributed by atoms with Crippen LogP contribution in [0.3, 0.4) is 0 Å². The number of esters is 1. The van der Waals surface area contributed by atoms with E-state index in [1.54, 1.807) is 13.0 Å². The Morgan fingerprint density at radius 1 is 1.61 bits per heavy atom. The number of hydrogen-bond acceptors (Lipinski definition) is 4. The van der Waals surface area contributed by atoms with Crippen LogP contribution in [0.4, 0.5) is 5.69 Å². The molecule has 0 aliphatic rings. The van der Waals surface area contributed by atoms with Gasteiger partial charge in [-0.1, -0.05) is 12.0 Å². The molecule has 0 radical (unpaired) electrons. The molecule has 2 N–H and O–H groups in total. The van der Waals surface area contributed by atoms with E-state index in [0.717, 1.165) is 11.3 Å². The molecule has 0 spiro atoms. The van der Waals surface area contributed by atoms with Crippen molar-refractivity contribution in [3.8, 4) is 12.3 Å². The standard InChI is InChI=1S/C14H17NO3/c1-3-11-6-5-7-12(8-11)15-10-13(16)9-14(17)18-4-2/h1,5-8,13,15-16H,4,9-10H2,2H3. The van der Waals surface area contributed by atoms with Gasteiger partial charge >= 0.3 is 5.97 Å². The number of aliphatic hydroxyl groups excluding tert-OH is 1. The van der Waals surface area contributed by atoms with E-state index in [1.165, 1.54) is 0 Å².